The van der Waals surface area contributed by atoms with Gasteiger partial charge in [0.05, 0.1) is 0 Å². The smallest absolute Gasteiger partial charge is 0.0214 e. The van der Waals surface area contributed by atoms with Gasteiger partial charge in [0.25, 0.3) is 0 Å². The van der Waals surface area contributed by atoms with Crippen LogP contribution >= 0.6 is 0 Å². The van der Waals surface area contributed by atoms with E-state index in [0.717, 1.165) is 17.4 Å². The SMILES string of the molecule is C1NC2(CC2)C2CC12. The van der Waals surface area contributed by atoms with E-state index in [1.54, 1.807) is 6.42 Å². The van der Waals surface area contributed by atoms with Crippen LogP contribution in [0.25, 0.3) is 0 Å². The summed E-state index contributed by atoms with van der Waals surface area (Å²) < 4.78 is 0. The molecule has 0 amide bonds. The Hall–Kier alpha value is -0.0400. The van der Waals surface area contributed by atoms with Crippen LogP contribution in [0.1, 0.15) is 19.3 Å². The van der Waals surface area contributed by atoms with Crippen LogP contribution in [0.3, 0.4) is 0 Å². The molecule has 1 aliphatic heterocycles. The molecule has 0 bridgehead atoms. The molecule has 2 aliphatic carbocycles. The maximum atomic E-state index is 3.61. The number of hydrogen-bond donors (Lipinski definition) is 1. The zero-order chi connectivity index (χ0) is 5.19. The van der Waals surface area contributed by atoms with E-state index in [2.05, 4.69) is 5.32 Å². The Kier molecular flexibility index (Phi) is 0.418. The Morgan fingerprint density at radius 1 is 1.38 bits per heavy atom. The van der Waals surface area contributed by atoms with Gasteiger partial charge in [-0.2, -0.15) is 0 Å². The maximum absolute atomic E-state index is 3.61. The van der Waals surface area contributed by atoms with E-state index in [1.807, 2.05) is 0 Å². The number of nitrogens with one attached hydrogen (secondary N) is 1. The van der Waals surface area contributed by atoms with Crippen molar-refractivity contribution in [2.75, 3.05) is 6.54 Å². The van der Waals surface area contributed by atoms with Crippen molar-refractivity contribution in [3.63, 3.8) is 0 Å². The van der Waals surface area contributed by atoms with Crippen LogP contribution in [0.15, 0.2) is 0 Å². The van der Waals surface area contributed by atoms with E-state index in [-0.39, 0.29) is 0 Å². The summed E-state index contributed by atoms with van der Waals surface area (Å²) in [4.78, 5) is 0. The fraction of sp³-hybridized carbons (Fsp3) is 1.00. The summed E-state index contributed by atoms with van der Waals surface area (Å²) in [6, 6.07) is 0. The minimum absolute atomic E-state index is 0.727. The first-order valence-electron chi connectivity index (χ1n) is 3.66. The number of fused-ring (bicyclic) bond motifs is 2. The van der Waals surface area contributed by atoms with Crippen LogP contribution in [0.4, 0.5) is 0 Å². The third kappa shape index (κ3) is 0.278. The van der Waals surface area contributed by atoms with Gasteiger partial charge in [0.1, 0.15) is 0 Å². The van der Waals surface area contributed by atoms with E-state index in [0.29, 0.717) is 0 Å². The van der Waals surface area contributed by atoms with Gasteiger partial charge in [-0.25, -0.2) is 0 Å². The van der Waals surface area contributed by atoms with Crippen LogP contribution < -0.4 is 5.32 Å². The van der Waals surface area contributed by atoms with Crippen molar-refractivity contribution < 1.29 is 0 Å². The van der Waals surface area contributed by atoms with Crippen molar-refractivity contribution in [3.8, 4) is 0 Å². The largest absolute Gasteiger partial charge is 0.311 e. The topological polar surface area (TPSA) is 12.0 Å². The summed E-state index contributed by atoms with van der Waals surface area (Å²) >= 11 is 0. The van der Waals surface area contributed by atoms with E-state index in [9.17, 15) is 0 Å². The molecule has 1 saturated heterocycles. The third-order valence-electron chi connectivity index (χ3n) is 3.14. The molecule has 1 heteroatoms. The molecule has 8 heavy (non-hydrogen) atoms. The van der Waals surface area contributed by atoms with Crippen molar-refractivity contribution in [1.29, 1.82) is 0 Å². The van der Waals surface area contributed by atoms with Crippen molar-refractivity contribution in [1.82, 2.24) is 5.32 Å². The Bertz CT molecular complexity index is 137. The zero-order valence-electron chi connectivity index (χ0n) is 4.98. The number of piperidine rings is 1. The van der Waals surface area contributed by atoms with Crippen molar-refractivity contribution in [2.45, 2.75) is 24.8 Å². The molecule has 2 unspecified atom stereocenters. The summed E-state index contributed by atoms with van der Waals surface area (Å²) in [6.07, 6.45) is 4.51. The van der Waals surface area contributed by atoms with Gasteiger partial charge in [0.2, 0.25) is 0 Å². The molecular weight excluding hydrogens is 98.1 g/mol. The molecule has 1 N–H and O–H groups in total. The van der Waals surface area contributed by atoms with Gasteiger partial charge in [-0.3, -0.25) is 0 Å². The van der Waals surface area contributed by atoms with Gasteiger partial charge >= 0.3 is 0 Å². The Labute approximate surface area is 49.5 Å². The monoisotopic (exact) mass is 109 g/mol. The summed E-state index contributed by atoms with van der Waals surface area (Å²) in [7, 11) is 0. The third-order valence-corrected chi connectivity index (χ3v) is 3.14. The molecule has 1 nitrogen and oxygen atoms in total. The second-order valence-electron chi connectivity index (χ2n) is 3.64. The predicted octanol–water partition coefficient (Wildman–Crippen LogP) is 0.758. The van der Waals surface area contributed by atoms with Gasteiger partial charge < -0.3 is 5.32 Å². The van der Waals surface area contributed by atoms with E-state index >= 15 is 0 Å². The van der Waals surface area contributed by atoms with Crippen LogP contribution in [0, 0.1) is 11.8 Å². The molecule has 1 spiro atoms. The quantitative estimate of drug-likeness (QED) is 0.484. The van der Waals surface area contributed by atoms with Crippen LogP contribution in [0.2, 0.25) is 0 Å². The Morgan fingerprint density at radius 2 is 2.25 bits per heavy atom. The highest BCUT2D eigenvalue weighted by Gasteiger charge is 2.63. The molecular formula is C7H11N. The second kappa shape index (κ2) is 0.860. The van der Waals surface area contributed by atoms with E-state index < -0.39 is 0 Å². The molecule has 2 saturated carbocycles. The van der Waals surface area contributed by atoms with Gasteiger partial charge in [0, 0.05) is 5.54 Å². The Morgan fingerprint density at radius 3 is 2.50 bits per heavy atom. The molecule has 2 atom stereocenters. The van der Waals surface area contributed by atoms with Crippen molar-refractivity contribution in [3.05, 3.63) is 0 Å². The summed E-state index contributed by atoms with van der Waals surface area (Å²) in [6.45, 7) is 1.34. The van der Waals surface area contributed by atoms with Crippen LogP contribution in [-0.2, 0) is 0 Å². The highest BCUT2D eigenvalue weighted by Crippen LogP contribution is 2.61. The normalized spacial score (nSPS) is 54.0. The van der Waals surface area contributed by atoms with Gasteiger partial charge in [-0.05, 0) is 37.6 Å². The number of rotatable bonds is 0. The van der Waals surface area contributed by atoms with E-state index in [1.165, 1.54) is 19.4 Å². The van der Waals surface area contributed by atoms with Crippen molar-refractivity contribution in [2.24, 2.45) is 11.8 Å². The first-order chi connectivity index (χ1) is 3.91. The highest BCUT2D eigenvalue weighted by molar-refractivity contribution is 5.20. The lowest BCUT2D eigenvalue weighted by Gasteiger charge is -2.07. The molecule has 0 aromatic heterocycles. The van der Waals surface area contributed by atoms with Gasteiger partial charge in [0.15, 0.2) is 0 Å². The van der Waals surface area contributed by atoms with Gasteiger partial charge in [-0.15, -0.1) is 0 Å². The fourth-order valence-electron chi connectivity index (χ4n) is 2.30. The molecule has 0 aromatic carbocycles. The lowest BCUT2D eigenvalue weighted by Crippen LogP contribution is -2.27. The summed E-state index contributed by atoms with van der Waals surface area (Å²) in [5, 5.41) is 3.61. The standard InChI is InChI=1S/C7H11N/c1-2-7(1)6-3-5(6)4-8-7/h5-6,8H,1-4H2. The minimum Gasteiger partial charge on any atom is -0.311 e. The predicted molar refractivity (Wildman–Crippen MR) is 31.6 cm³/mol. The first-order valence-corrected chi connectivity index (χ1v) is 3.66. The van der Waals surface area contributed by atoms with Gasteiger partial charge in [-0.1, -0.05) is 0 Å². The lowest BCUT2D eigenvalue weighted by molar-refractivity contribution is 0.521. The van der Waals surface area contributed by atoms with E-state index in [4.69, 9.17) is 0 Å². The average molecular weight is 109 g/mol. The number of hydrogen-bond acceptors (Lipinski definition) is 1. The fourth-order valence-corrected chi connectivity index (χ4v) is 2.30. The van der Waals surface area contributed by atoms with Crippen LogP contribution in [-0.4, -0.2) is 12.1 Å². The summed E-state index contributed by atoms with van der Waals surface area (Å²) in [5.74, 6) is 2.24. The second-order valence-corrected chi connectivity index (χ2v) is 3.64. The highest BCUT2D eigenvalue weighted by atomic mass is 15.1. The molecule has 44 valence electrons. The van der Waals surface area contributed by atoms with Crippen molar-refractivity contribution >= 4 is 0 Å². The molecule has 3 aliphatic rings. The maximum Gasteiger partial charge on any atom is 0.0214 e. The summed E-state index contributed by atoms with van der Waals surface area (Å²) in [5.41, 5.74) is 0.727. The molecule has 3 rings (SSSR count). The molecule has 0 radical (unpaired) electrons. The lowest BCUT2D eigenvalue weighted by atomic mass is 10.2. The minimum atomic E-state index is 0.727. The zero-order valence-corrected chi connectivity index (χ0v) is 4.98. The molecule has 3 fully saturated rings. The first kappa shape index (κ1) is 3.89. The molecule has 1 heterocycles. The average Bonchev–Trinajstić information content (AvgIpc) is 2.46. The Balaban J connectivity index is 1.99. The molecule has 0 aromatic rings. The van der Waals surface area contributed by atoms with Crippen LogP contribution in [0.5, 0.6) is 0 Å².